The standard InChI is InChI=1S/C16H21N3/c1-4-9-17-16-11-15(18-12(3)19-16)14-8-6-7-13(5-2)10-14/h6-8,10-11H,4-5,9H2,1-3H3,(H,17,18,19). The molecule has 19 heavy (non-hydrogen) atoms. The maximum atomic E-state index is 4.54. The fourth-order valence-corrected chi connectivity index (χ4v) is 2.01. The van der Waals surface area contributed by atoms with Gasteiger partial charge in [-0.25, -0.2) is 9.97 Å². The Bertz CT molecular complexity index is 549. The first-order valence-corrected chi connectivity index (χ1v) is 6.91. The van der Waals surface area contributed by atoms with Crippen LogP contribution in [0.5, 0.6) is 0 Å². The van der Waals surface area contributed by atoms with E-state index in [1.54, 1.807) is 0 Å². The van der Waals surface area contributed by atoms with E-state index in [9.17, 15) is 0 Å². The summed E-state index contributed by atoms with van der Waals surface area (Å²) in [5.74, 6) is 1.71. The van der Waals surface area contributed by atoms with Crippen molar-refractivity contribution in [2.24, 2.45) is 0 Å². The second-order valence-electron chi connectivity index (χ2n) is 4.67. The fraction of sp³-hybridized carbons (Fsp3) is 0.375. The van der Waals surface area contributed by atoms with Gasteiger partial charge in [0.05, 0.1) is 5.69 Å². The molecule has 0 aliphatic rings. The maximum absolute atomic E-state index is 4.54. The van der Waals surface area contributed by atoms with Gasteiger partial charge < -0.3 is 5.32 Å². The molecule has 3 nitrogen and oxygen atoms in total. The normalized spacial score (nSPS) is 10.5. The first kappa shape index (κ1) is 13.5. The van der Waals surface area contributed by atoms with Crippen molar-refractivity contribution in [2.75, 3.05) is 11.9 Å². The molecule has 2 aromatic rings. The Balaban J connectivity index is 2.34. The van der Waals surface area contributed by atoms with E-state index in [1.165, 1.54) is 5.56 Å². The molecule has 1 heterocycles. The Morgan fingerprint density at radius 3 is 2.68 bits per heavy atom. The van der Waals surface area contributed by atoms with Crippen LogP contribution in [0.2, 0.25) is 0 Å². The molecule has 2 rings (SSSR count). The predicted octanol–water partition coefficient (Wildman–Crippen LogP) is 3.84. The highest BCUT2D eigenvalue weighted by atomic mass is 15.0. The molecule has 0 saturated carbocycles. The van der Waals surface area contributed by atoms with E-state index in [-0.39, 0.29) is 0 Å². The fourth-order valence-electron chi connectivity index (χ4n) is 2.01. The van der Waals surface area contributed by atoms with Crippen molar-refractivity contribution in [3.05, 3.63) is 41.7 Å². The van der Waals surface area contributed by atoms with Crippen molar-refractivity contribution in [3.8, 4) is 11.3 Å². The quantitative estimate of drug-likeness (QED) is 0.882. The highest BCUT2D eigenvalue weighted by molar-refractivity contribution is 5.63. The van der Waals surface area contributed by atoms with Crippen LogP contribution < -0.4 is 5.32 Å². The number of nitrogens with one attached hydrogen (secondary N) is 1. The number of benzene rings is 1. The Morgan fingerprint density at radius 2 is 1.95 bits per heavy atom. The van der Waals surface area contributed by atoms with Gasteiger partial charge in [0.25, 0.3) is 0 Å². The van der Waals surface area contributed by atoms with Crippen LogP contribution in [0, 0.1) is 6.92 Å². The third-order valence-corrected chi connectivity index (χ3v) is 3.03. The highest BCUT2D eigenvalue weighted by Crippen LogP contribution is 2.21. The Hall–Kier alpha value is -1.90. The van der Waals surface area contributed by atoms with Crippen molar-refractivity contribution in [3.63, 3.8) is 0 Å². The molecular formula is C16H21N3. The molecule has 1 aromatic heterocycles. The number of aryl methyl sites for hydroxylation is 2. The van der Waals surface area contributed by atoms with Gasteiger partial charge in [-0.1, -0.05) is 32.0 Å². The van der Waals surface area contributed by atoms with E-state index < -0.39 is 0 Å². The summed E-state index contributed by atoms with van der Waals surface area (Å²) in [4.78, 5) is 8.95. The van der Waals surface area contributed by atoms with Crippen LogP contribution in [0.3, 0.4) is 0 Å². The zero-order valence-electron chi connectivity index (χ0n) is 11.9. The summed E-state index contributed by atoms with van der Waals surface area (Å²) in [5, 5.41) is 3.32. The van der Waals surface area contributed by atoms with Gasteiger partial charge in [-0.05, 0) is 31.4 Å². The van der Waals surface area contributed by atoms with Crippen molar-refractivity contribution in [1.82, 2.24) is 9.97 Å². The van der Waals surface area contributed by atoms with Gasteiger partial charge in [0, 0.05) is 18.2 Å². The van der Waals surface area contributed by atoms with Crippen LogP contribution in [0.4, 0.5) is 5.82 Å². The lowest BCUT2D eigenvalue weighted by molar-refractivity contribution is 0.955. The lowest BCUT2D eigenvalue weighted by Crippen LogP contribution is -2.04. The lowest BCUT2D eigenvalue weighted by atomic mass is 10.1. The Morgan fingerprint density at radius 1 is 1.11 bits per heavy atom. The van der Waals surface area contributed by atoms with Gasteiger partial charge in [0.2, 0.25) is 0 Å². The highest BCUT2D eigenvalue weighted by Gasteiger charge is 2.04. The topological polar surface area (TPSA) is 37.8 Å². The van der Waals surface area contributed by atoms with Gasteiger partial charge in [-0.15, -0.1) is 0 Å². The van der Waals surface area contributed by atoms with E-state index in [2.05, 4.69) is 53.4 Å². The number of hydrogen-bond donors (Lipinski definition) is 1. The summed E-state index contributed by atoms with van der Waals surface area (Å²) in [6.45, 7) is 7.18. The van der Waals surface area contributed by atoms with Gasteiger partial charge in [-0.2, -0.15) is 0 Å². The lowest BCUT2D eigenvalue weighted by Gasteiger charge is -2.08. The Kier molecular flexibility index (Phi) is 4.50. The first-order chi connectivity index (χ1) is 9.22. The molecule has 1 aromatic carbocycles. The average molecular weight is 255 g/mol. The van der Waals surface area contributed by atoms with Gasteiger partial charge in [0.15, 0.2) is 0 Å². The predicted molar refractivity (Wildman–Crippen MR) is 80.4 cm³/mol. The molecule has 3 heteroatoms. The van der Waals surface area contributed by atoms with Crippen LogP contribution in [0.1, 0.15) is 31.7 Å². The molecule has 0 aliphatic carbocycles. The van der Waals surface area contributed by atoms with Crippen molar-refractivity contribution >= 4 is 5.82 Å². The molecule has 0 spiro atoms. The van der Waals surface area contributed by atoms with Crippen LogP contribution >= 0.6 is 0 Å². The molecule has 0 radical (unpaired) electrons. The molecule has 0 atom stereocenters. The largest absolute Gasteiger partial charge is 0.370 e. The van der Waals surface area contributed by atoms with E-state index in [0.29, 0.717) is 0 Å². The maximum Gasteiger partial charge on any atom is 0.130 e. The van der Waals surface area contributed by atoms with Crippen molar-refractivity contribution in [1.29, 1.82) is 0 Å². The molecule has 100 valence electrons. The Labute approximate surface area is 115 Å². The summed E-state index contributed by atoms with van der Waals surface area (Å²) in [7, 11) is 0. The van der Waals surface area contributed by atoms with Crippen molar-refractivity contribution < 1.29 is 0 Å². The van der Waals surface area contributed by atoms with E-state index in [0.717, 1.165) is 42.3 Å². The molecule has 0 unspecified atom stereocenters. The monoisotopic (exact) mass is 255 g/mol. The summed E-state index contributed by atoms with van der Waals surface area (Å²) in [6.07, 6.45) is 2.13. The molecular weight excluding hydrogens is 234 g/mol. The van der Waals surface area contributed by atoms with Crippen LogP contribution in [0.25, 0.3) is 11.3 Å². The van der Waals surface area contributed by atoms with E-state index >= 15 is 0 Å². The van der Waals surface area contributed by atoms with Gasteiger partial charge >= 0.3 is 0 Å². The van der Waals surface area contributed by atoms with Crippen molar-refractivity contribution in [2.45, 2.75) is 33.6 Å². The summed E-state index contributed by atoms with van der Waals surface area (Å²) >= 11 is 0. The number of rotatable bonds is 5. The minimum atomic E-state index is 0.804. The SMILES string of the molecule is CCCNc1cc(-c2cccc(CC)c2)nc(C)n1. The summed E-state index contributed by atoms with van der Waals surface area (Å²) in [5.41, 5.74) is 3.47. The third kappa shape index (κ3) is 3.53. The number of aromatic nitrogens is 2. The zero-order valence-corrected chi connectivity index (χ0v) is 11.9. The molecule has 0 saturated heterocycles. The van der Waals surface area contributed by atoms with Crippen LogP contribution in [0.15, 0.2) is 30.3 Å². The molecule has 0 bridgehead atoms. The minimum absolute atomic E-state index is 0.804. The molecule has 0 aliphatic heterocycles. The van der Waals surface area contributed by atoms with Gasteiger partial charge in [-0.3, -0.25) is 0 Å². The molecule has 0 amide bonds. The zero-order chi connectivity index (χ0) is 13.7. The summed E-state index contributed by atoms with van der Waals surface area (Å²) < 4.78 is 0. The second-order valence-corrected chi connectivity index (χ2v) is 4.67. The smallest absolute Gasteiger partial charge is 0.130 e. The van der Waals surface area contributed by atoms with E-state index in [4.69, 9.17) is 0 Å². The number of hydrogen-bond acceptors (Lipinski definition) is 3. The van der Waals surface area contributed by atoms with Crippen LogP contribution in [-0.4, -0.2) is 16.5 Å². The number of nitrogens with zero attached hydrogens (tertiary/aromatic N) is 2. The third-order valence-electron chi connectivity index (χ3n) is 3.03. The molecule has 0 fully saturated rings. The average Bonchev–Trinajstić information content (AvgIpc) is 2.44. The number of anilines is 1. The minimum Gasteiger partial charge on any atom is -0.370 e. The summed E-state index contributed by atoms with van der Waals surface area (Å²) in [6, 6.07) is 10.6. The van der Waals surface area contributed by atoms with Crippen LogP contribution in [-0.2, 0) is 6.42 Å². The van der Waals surface area contributed by atoms with Gasteiger partial charge in [0.1, 0.15) is 11.6 Å². The van der Waals surface area contributed by atoms with E-state index in [1.807, 2.05) is 13.0 Å². The second kappa shape index (κ2) is 6.32. The first-order valence-electron chi connectivity index (χ1n) is 6.91. The molecule has 1 N–H and O–H groups in total.